The number of nitrogens with zero attached hydrogens (tertiary/aromatic N) is 1. The van der Waals surface area contributed by atoms with Crippen LogP contribution in [0.25, 0.3) is 0 Å². The summed E-state index contributed by atoms with van der Waals surface area (Å²) in [5, 5.41) is 0. The number of hydrogen-bond donors (Lipinski definition) is 1. The highest BCUT2D eigenvalue weighted by Gasteiger charge is 2.26. The molecular formula is C12H18N2. The van der Waals surface area contributed by atoms with Gasteiger partial charge in [-0.15, -0.1) is 0 Å². The summed E-state index contributed by atoms with van der Waals surface area (Å²) >= 11 is 0. The van der Waals surface area contributed by atoms with E-state index in [9.17, 15) is 0 Å². The molecule has 0 radical (unpaired) electrons. The fourth-order valence-electron chi connectivity index (χ4n) is 2.52. The summed E-state index contributed by atoms with van der Waals surface area (Å²) in [6.45, 7) is 5.08. The van der Waals surface area contributed by atoms with Crippen molar-refractivity contribution in [2.24, 2.45) is 5.73 Å². The van der Waals surface area contributed by atoms with E-state index in [4.69, 9.17) is 5.73 Å². The van der Waals surface area contributed by atoms with Gasteiger partial charge in [-0.2, -0.15) is 0 Å². The zero-order chi connectivity index (χ0) is 10.3. The van der Waals surface area contributed by atoms with Crippen LogP contribution in [0.1, 0.15) is 16.7 Å². The Bertz CT molecular complexity index is 358. The molecule has 1 aliphatic heterocycles. The number of rotatable bonds is 1. The van der Waals surface area contributed by atoms with Crippen LogP contribution in [0.5, 0.6) is 0 Å². The van der Waals surface area contributed by atoms with Gasteiger partial charge in [-0.25, -0.2) is 0 Å². The molecule has 2 nitrogen and oxygen atoms in total. The Balaban J connectivity index is 2.48. The molecule has 0 bridgehead atoms. The molecule has 1 unspecified atom stereocenters. The standard InChI is InChI=1S/C12H18N2/c1-8-4-9(2)12-10(5-8)6-11(7-13)14(12)3/h4-5,11H,6-7,13H2,1-3H3. The van der Waals surface area contributed by atoms with Crippen LogP contribution in [-0.2, 0) is 6.42 Å². The van der Waals surface area contributed by atoms with Crippen molar-refractivity contribution in [1.82, 2.24) is 0 Å². The molecule has 1 heterocycles. The van der Waals surface area contributed by atoms with Gasteiger partial charge < -0.3 is 10.6 Å². The molecule has 2 heteroatoms. The lowest BCUT2D eigenvalue weighted by molar-refractivity contribution is 0.674. The van der Waals surface area contributed by atoms with Gasteiger partial charge in [-0.1, -0.05) is 17.7 Å². The second-order valence-electron chi connectivity index (χ2n) is 4.29. The summed E-state index contributed by atoms with van der Waals surface area (Å²) in [7, 11) is 2.14. The molecule has 0 saturated heterocycles. The first-order chi connectivity index (χ1) is 6.63. The third-order valence-electron chi connectivity index (χ3n) is 3.15. The number of anilines is 1. The van der Waals surface area contributed by atoms with Gasteiger partial charge in [0.1, 0.15) is 0 Å². The lowest BCUT2D eigenvalue weighted by Crippen LogP contribution is -2.35. The first-order valence-corrected chi connectivity index (χ1v) is 5.16. The number of nitrogens with two attached hydrogens (primary N) is 1. The lowest BCUT2D eigenvalue weighted by atomic mass is 10.0. The zero-order valence-electron chi connectivity index (χ0n) is 9.17. The Kier molecular flexibility index (Phi) is 2.23. The highest BCUT2D eigenvalue weighted by molar-refractivity contribution is 5.64. The maximum atomic E-state index is 5.75. The van der Waals surface area contributed by atoms with E-state index in [1.807, 2.05) is 0 Å². The summed E-state index contributed by atoms with van der Waals surface area (Å²) in [4.78, 5) is 2.32. The van der Waals surface area contributed by atoms with E-state index >= 15 is 0 Å². The smallest absolute Gasteiger partial charge is 0.0450 e. The van der Waals surface area contributed by atoms with Crippen LogP contribution >= 0.6 is 0 Å². The minimum atomic E-state index is 0.491. The van der Waals surface area contributed by atoms with Gasteiger partial charge in [0, 0.05) is 25.3 Å². The molecule has 76 valence electrons. The number of fused-ring (bicyclic) bond motifs is 1. The summed E-state index contributed by atoms with van der Waals surface area (Å²) in [6.07, 6.45) is 1.10. The zero-order valence-corrected chi connectivity index (χ0v) is 9.17. The largest absolute Gasteiger partial charge is 0.370 e. The Morgan fingerprint density at radius 1 is 1.43 bits per heavy atom. The van der Waals surface area contributed by atoms with Crippen molar-refractivity contribution in [3.8, 4) is 0 Å². The van der Waals surface area contributed by atoms with E-state index in [0.29, 0.717) is 6.04 Å². The fourth-order valence-corrected chi connectivity index (χ4v) is 2.52. The van der Waals surface area contributed by atoms with Gasteiger partial charge in [-0.05, 0) is 31.4 Å². The molecule has 0 fully saturated rings. The molecule has 1 atom stereocenters. The second-order valence-corrected chi connectivity index (χ2v) is 4.29. The molecular weight excluding hydrogens is 172 g/mol. The Morgan fingerprint density at radius 2 is 2.14 bits per heavy atom. The predicted molar refractivity (Wildman–Crippen MR) is 60.9 cm³/mol. The van der Waals surface area contributed by atoms with Crippen LogP contribution < -0.4 is 10.6 Å². The first kappa shape index (κ1) is 9.53. The molecule has 14 heavy (non-hydrogen) atoms. The molecule has 2 rings (SSSR count). The molecule has 2 N–H and O–H groups in total. The van der Waals surface area contributed by atoms with E-state index in [1.165, 1.54) is 22.4 Å². The SMILES string of the molecule is Cc1cc(C)c2c(c1)CC(CN)N2C. The van der Waals surface area contributed by atoms with Crippen LogP contribution in [0.4, 0.5) is 5.69 Å². The van der Waals surface area contributed by atoms with Crippen molar-refractivity contribution in [2.45, 2.75) is 26.3 Å². The van der Waals surface area contributed by atoms with Gasteiger partial charge >= 0.3 is 0 Å². The molecule has 0 aromatic heterocycles. The second kappa shape index (κ2) is 3.28. The molecule has 0 aliphatic carbocycles. The van der Waals surface area contributed by atoms with Crippen molar-refractivity contribution < 1.29 is 0 Å². The van der Waals surface area contributed by atoms with Gasteiger partial charge in [0.15, 0.2) is 0 Å². The molecule has 1 aliphatic rings. The molecule has 1 aromatic rings. The maximum Gasteiger partial charge on any atom is 0.0450 e. The fraction of sp³-hybridized carbons (Fsp3) is 0.500. The summed E-state index contributed by atoms with van der Waals surface area (Å²) in [5.41, 5.74) is 11.3. The van der Waals surface area contributed by atoms with Crippen LogP contribution in [0.2, 0.25) is 0 Å². The minimum absolute atomic E-state index is 0.491. The number of benzene rings is 1. The average molecular weight is 190 g/mol. The third-order valence-corrected chi connectivity index (χ3v) is 3.15. The Labute approximate surface area is 85.7 Å². The molecule has 0 spiro atoms. The number of hydrogen-bond acceptors (Lipinski definition) is 2. The van der Waals surface area contributed by atoms with Crippen molar-refractivity contribution in [2.75, 3.05) is 18.5 Å². The van der Waals surface area contributed by atoms with Gasteiger partial charge in [0.25, 0.3) is 0 Å². The van der Waals surface area contributed by atoms with Gasteiger partial charge in [0.2, 0.25) is 0 Å². The highest BCUT2D eigenvalue weighted by atomic mass is 15.2. The molecule has 1 aromatic carbocycles. The predicted octanol–water partition coefficient (Wildman–Crippen LogP) is 1.62. The van der Waals surface area contributed by atoms with Crippen LogP contribution in [0, 0.1) is 13.8 Å². The summed E-state index contributed by atoms with van der Waals surface area (Å²) < 4.78 is 0. The average Bonchev–Trinajstić information content (AvgIpc) is 2.42. The Morgan fingerprint density at radius 3 is 2.79 bits per heavy atom. The maximum absolute atomic E-state index is 5.75. The number of aryl methyl sites for hydroxylation is 2. The van der Waals surface area contributed by atoms with Gasteiger partial charge in [-0.3, -0.25) is 0 Å². The van der Waals surface area contributed by atoms with E-state index < -0.39 is 0 Å². The van der Waals surface area contributed by atoms with Crippen LogP contribution in [-0.4, -0.2) is 19.6 Å². The molecule has 0 amide bonds. The number of likely N-dealkylation sites (N-methyl/N-ethyl adjacent to an activating group) is 1. The molecule has 0 saturated carbocycles. The van der Waals surface area contributed by atoms with E-state index in [-0.39, 0.29) is 0 Å². The topological polar surface area (TPSA) is 29.3 Å². The van der Waals surface area contributed by atoms with Crippen molar-refractivity contribution in [3.63, 3.8) is 0 Å². The Hall–Kier alpha value is -1.02. The monoisotopic (exact) mass is 190 g/mol. The summed E-state index contributed by atoms with van der Waals surface area (Å²) in [5.74, 6) is 0. The van der Waals surface area contributed by atoms with E-state index in [1.54, 1.807) is 0 Å². The van der Waals surface area contributed by atoms with Crippen LogP contribution in [0.15, 0.2) is 12.1 Å². The first-order valence-electron chi connectivity index (χ1n) is 5.16. The van der Waals surface area contributed by atoms with Crippen molar-refractivity contribution in [3.05, 3.63) is 28.8 Å². The minimum Gasteiger partial charge on any atom is -0.370 e. The summed E-state index contributed by atoms with van der Waals surface area (Å²) in [6, 6.07) is 5.02. The normalized spacial score (nSPS) is 20.0. The quantitative estimate of drug-likeness (QED) is 0.729. The lowest BCUT2D eigenvalue weighted by Gasteiger charge is -2.22. The van der Waals surface area contributed by atoms with E-state index in [2.05, 4.69) is 37.9 Å². The van der Waals surface area contributed by atoms with Crippen LogP contribution in [0.3, 0.4) is 0 Å². The van der Waals surface area contributed by atoms with Crippen molar-refractivity contribution in [1.29, 1.82) is 0 Å². The highest BCUT2D eigenvalue weighted by Crippen LogP contribution is 2.34. The van der Waals surface area contributed by atoms with Gasteiger partial charge in [0.05, 0.1) is 0 Å². The van der Waals surface area contributed by atoms with E-state index in [0.717, 1.165) is 13.0 Å². The third kappa shape index (κ3) is 1.30. The van der Waals surface area contributed by atoms with Crippen molar-refractivity contribution >= 4 is 5.69 Å².